The zero-order valence-corrected chi connectivity index (χ0v) is 8.65. The highest BCUT2D eigenvalue weighted by atomic mass is 79.9. The number of rotatable bonds is 1. The molecule has 2 rings (SSSR count). The molecule has 0 spiro atoms. The second-order valence-electron chi connectivity index (χ2n) is 2.72. The fourth-order valence-electron chi connectivity index (χ4n) is 1.22. The van der Waals surface area contributed by atoms with E-state index in [-0.39, 0.29) is 0 Å². The third kappa shape index (κ3) is 1.56. The Morgan fingerprint density at radius 3 is 3.14 bits per heavy atom. The van der Waals surface area contributed by atoms with E-state index in [9.17, 15) is 4.79 Å². The number of hydrogen-bond acceptors (Lipinski definition) is 2. The van der Waals surface area contributed by atoms with E-state index in [1.807, 2.05) is 6.20 Å². The van der Waals surface area contributed by atoms with Crippen molar-refractivity contribution in [1.82, 2.24) is 9.38 Å². The average molecular weight is 255 g/mol. The third-order valence-electron chi connectivity index (χ3n) is 1.71. The molecule has 0 aromatic carbocycles. The van der Waals surface area contributed by atoms with Crippen LogP contribution in [0, 0.1) is 0 Å². The molecule has 0 unspecified atom stereocenters. The number of nitrogens with two attached hydrogens (primary N) is 1. The van der Waals surface area contributed by atoms with Crippen LogP contribution in [0.15, 0.2) is 29.1 Å². The summed E-state index contributed by atoms with van der Waals surface area (Å²) in [5.74, 6) is 0. The SMILES string of the molecule is NC(=O)Nc1cc(Br)cn2ccnc12. The second-order valence-corrected chi connectivity index (χ2v) is 3.64. The van der Waals surface area contributed by atoms with Gasteiger partial charge in [0, 0.05) is 23.1 Å². The molecule has 2 aromatic rings. The number of amides is 2. The molecular formula is C8H7BrN4O. The highest BCUT2D eigenvalue weighted by Crippen LogP contribution is 2.20. The Balaban J connectivity index is 2.60. The van der Waals surface area contributed by atoms with E-state index < -0.39 is 6.03 Å². The molecule has 3 N–H and O–H groups in total. The highest BCUT2D eigenvalue weighted by Gasteiger charge is 2.05. The number of aromatic nitrogens is 2. The van der Waals surface area contributed by atoms with Crippen LogP contribution in [0.25, 0.3) is 5.65 Å². The maximum Gasteiger partial charge on any atom is 0.316 e. The molecule has 0 bridgehead atoms. The summed E-state index contributed by atoms with van der Waals surface area (Å²) in [4.78, 5) is 14.8. The number of carbonyl (C=O) groups is 1. The van der Waals surface area contributed by atoms with E-state index in [0.717, 1.165) is 4.47 Å². The molecule has 14 heavy (non-hydrogen) atoms. The maximum atomic E-state index is 10.7. The van der Waals surface area contributed by atoms with Crippen LogP contribution in [0.2, 0.25) is 0 Å². The quantitative estimate of drug-likeness (QED) is 0.812. The van der Waals surface area contributed by atoms with Crippen LogP contribution in [-0.4, -0.2) is 15.4 Å². The van der Waals surface area contributed by atoms with Crippen molar-refractivity contribution < 1.29 is 4.79 Å². The first-order chi connectivity index (χ1) is 6.66. The summed E-state index contributed by atoms with van der Waals surface area (Å²) in [6.45, 7) is 0. The van der Waals surface area contributed by atoms with E-state index >= 15 is 0 Å². The van der Waals surface area contributed by atoms with Gasteiger partial charge in [-0.05, 0) is 22.0 Å². The molecular weight excluding hydrogens is 248 g/mol. The highest BCUT2D eigenvalue weighted by molar-refractivity contribution is 9.10. The summed E-state index contributed by atoms with van der Waals surface area (Å²) in [6, 6.07) is 1.14. The Morgan fingerprint density at radius 1 is 1.64 bits per heavy atom. The lowest BCUT2D eigenvalue weighted by Gasteiger charge is -2.04. The van der Waals surface area contributed by atoms with E-state index in [1.54, 1.807) is 22.9 Å². The number of hydrogen-bond donors (Lipinski definition) is 2. The lowest BCUT2D eigenvalue weighted by Crippen LogP contribution is -2.19. The number of primary amides is 1. The normalized spacial score (nSPS) is 10.4. The van der Waals surface area contributed by atoms with E-state index in [1.165, 1.54) is 0 Å². The molecule has 0 aliphatic carbocycles. The molecule has 2 amide bonds. The molecule has 0 saturated carbocycles. The van der Waals surface area contributed by atoms with Gasteiger partial charge in [0.2, 0.25) is 0 Å². The van der Waals surface area contributed by atoms with Crippen LogP contribution in [0.5, 0.6) is 0 Å². The van der Waals surface area contributed by atoms with Crippen LogP contribution >= 0.6 is 15.9 Å². The van der Waals surface area contributed by atoms with Crippen LogP contribution in [0.3, 0.4) is 0 Å². The van der Waals surface area contributed by atoms with Crippen molar-refractivity contribution in [1.29, 1.82) is 0 Å². The predicted octanol–water partition coefficient (Wildman–Crippen LogP) is 1.59. The van der Waals surface area contributed by atoms with E-state index in [2.05, 4.69) is 26.2 Å². The lowest BCUT2D eigenvalue weighted by atomic mass is 10.4. The van der Waals surface area contributed by atoms with E-state index in [4.69, 9.17) is 5.73 Å². The average Bonchev–Trinajstić information content (AvgIpc) is 2.50. The Kier molecular flexibility index (Phi) is 2.12. The molecule has 0 radical (unpaired) electrons. The van der Waals surface area contributed by atoms with Crippen molar-refractivity contribution in [3.05, 3.63) is 29.1 Å². The first kappa shape index (κ1) is 9.01. The third-order valence-corrected chi connectivity index (χ3v) is 2.15. The van der Waals surface area contributed by atoms with Crippen LogP contribution in [0.4, 0.5) is 10.5 Å². The number of nitrogens with zero attached hydrogens (tertiary/aromatic N) is 2. The van der Waals surface area contributed by atoms with Crippen LogP contribution < -0.4 is 11.1 Å². The van der Waals surface area contributed by atoms with Gasteiger partial charge in [-0.2, -0.15) is 0 Å². The molecule has 6 heteroatoms. The number of urea groups is 1. The van der Waals surface area contributed by atoms with Gasteiger partial charge in [-0.3, -0.25) is 0 Å². The summed E-state index contributed by atoms with van der Waals surface area (Å²) in [6.07, 6.45) is 5.27. The number of anilines is 1. The number of imidazole rings is 1. The monoisotopic (exact) mass is 254 g/mol. The van der Waals surface area contributed by atoms with Gasteiger partial charge in [0.15, 0.2) is 5.65 Å². The molecule has 0 aliphatic rings. The zero-order valence-electron chi connectivity index (χ0n) is 7.07. The minimum atomic E-state index is -0.604. The number of pyridine rings is 1. The van der Waals surface area contributed by atoms with Crippen molar-refractivity contribution >= 4 is 33.3 Å². The second kappa shape index (κ2) is 3.30. The molecule has 0 atom stereocenters. The van der Waals surface area contributed by atoms with Gasteiger partial charge in [-0.25, -0.2) is 9.78 Å². The van der Waals surface area contributed by atoms with Crippen molar-refractivity contribution in [3.8, 4) is 0 Å². The minimum Gasteiger partial charge on any atom is -0.351 e. The van der Waals surface area contributed by atoms with E-state index in [0.29, 0.717) is 11.3 Å². The predicted molar refractivity (Wildman–Crippen MR) is 56.1 cm³/mol. The van der Waals surface area contributed by atoms with Gasteiger partial charge in [0.25, 0.3) is 0 Å². The van der Waals surface area contributed by atoms with Crippen molar-refractivity contribution in [2.24, 2.45) is 5.73 Å². The molecule has 2 heterocycles. The molecule has 72 valence electrons. The summed E-state index contributed by atoms with van der Waals surface area (Å²) >= 11 is 3.32. The standard InChI is InChI=1S/C8H7BrN4O/c9-5-3-6(12-8(10)14)7-11-1-2-13(7)4-5/h1-4H,(H3,10,12,14). The summed E-state index contributed by atoms with van der Waals surface area (Å²) in [7, 11) is 0. The van der Waals surface area contributed by atoms with Gasteiger partial charge in [-0.1, -0.05) is 0 Å². The van der Waals surface area contributed by atoms with Gasteiger partial charge in [0.1, 0.15) is 0 Å². The number of nitrogens with one attached hydrogen (secondary N) is 1. The van der Waals surface area contributed by atoms with Gasteiger partial charge in [0.05, 0.1) is 5.69 Å². The number of fused-ring (bicyclic) bond motifs is 1. The van der Waals surface area contributed by atoms with Gasteiger partial charge in [-0.15, -0.1) is 0 Å². The van der Waals surface area contributed by atoms with Crippen molar-refractivity contribution in [3.63, 3.8) is 0 Å². The molecule has 2 aromatic heterocycles. The minimum absolute atomic E-state index is 0.580. The van der Waals surface area contributed by atoms with Crippen LogP contribution in [0.1, 0.15) is 0 Å². The van der Waals surface area contributed by atoms with Crippen LogP contribution in [-0.2, 0) is 0 Å². The Hall–Kier alpha value is -1.56. The molecule has 5 nitrogen and oxygen atoms in total. The lowest BCUT2D eigenvalue weighted by molar-refractivity contribution is 0.259. The Labute approximate surface area is 88.1 Å². The topological polar surface area (TPSA) is 72.4 Å². The first-order valence-corrected chi connectivity index (χ1v) is 4.65. The molecule has 0 fully saturated rings. The molecule has 0 aliphatic heterocycles. The maximum absolute atomic E-state index is 10.7. The number of carbonyl (C=O) groups excluding carboxylic acids is 1. The summed E-state index contributed by atoms with van der Waals surface area (Å²) in [5.41, 5.74) is 6.27. The van der Waals surface area contributed by atoms with Gasteiger partial charge < -0.3 is 15.5 Å². The smallest absolute Gasteiger partial charge is 0.316 e. The number of halogens is 1. The summed E-state index contributed by atoms with van der Waals surface area (Å²) < 4.78 is 2.63. The fraction of sp³-hybridized carbons (Fsp3) is 0. The summed E-state index contributed by atoms with van der Waals surface area (Å²) in [5, 5.41) is 2.50. The van der Waals surface area contributed by atoms with Crippen molar-refractivity contribution in [2.75, 3.05) is 5.32 Å². The Bertz CT molecular complexity index is 493. The van der Waals surface area contributed by atoms with Crippen molar-refractivity contribution in [2.45, 2.75) is 0 Å². The fourth-order valence-corrected chi connectivity index (χ4v) is 1.67. The zero-order chi connectivity index (χ0) is 10.1. The Morgan fingerprint density at radius 2 is 2.43 bits per heavy atom. The van der Waals surface area contributed by atoms with Gasteiger partial charge >= 0.3 is 6.03 Å². The first-order valence-electron chi connectivity index (χ1n) is 3.85. The molecule has 0 saturated heterocycles. The largest absolute Gasteiger partial charge is 0.351 e.